The Labute approximate surface area is 66.4 Å². The van der Waals surface area contributed by atoms with Crippen molar-refractivity contribution in [1.29, 1.82) is 0 Å². The van der Waals surface area contributed by atoms with E-state index in [-0.39, 0.29) is 12.0 Å². The van der Waals surface area contributed by atoms with Crippen LogP contribution in [0.3, 0.4) is 0 Å². The van der Waals surface area contributed by atoms with E-state index in [1.807, 2.05) is 0 Å². The summed E-state index contributed by atoms with van der Waals surface area (Å²) in [6.07, 6.45) is 2.96. The second kappa shape index (κ2) is 3.72. The minimum atomic E-state index is -0.722. The summed E-state index contributed by atoms with van der Waals surface area (Å²) in [6.45, 7) is 2.53. The largest absolute Gasteiger partial charge is 0.481 e. The van der Waals surface area contributed by atoms with E-state index in [1.54, 1.807) is 6.92 Å². The smallest absolute Gasteiger partial charge is 0.306 e. The summed E-state index contributed by atoms with van der Waals surface area (Å²) in [5.41, 5.74) is 0. The van der Waals surface area contributed by atoms with Crippen molar-refractivity contribution in [3.05, 3.63) is 0 Å². The number of carbonyl (C=O) groups is 1. The van der Waals surface area contributed by atoms with E-state index in [0.717, 1.165) is 19.4 Å². The summed E-state index contributed by atoms with van der Waals surface area (Å²) in [6, 6.07) is 0. The second-order valence-electron chi connectivity index (χ2n) is 3.11. The van der Waals surface area contributed by atoms with Crippen LogP contribution in [0.2, 0.25) is 0 Å². The van der Waals surface area contributed by atoms with Gasteiger partial charge in [-0.2, -0.15) is 0 Å². The molecule has 0 saturated carbocycles. The predicted octanol–water partition coefficient (Wildman–Crippen LogP) is 1.28. The van der Waals surface area contributed by atoms with Gasteiger partial charge in [-0.25, -0.2) is 0 Å². The Morgan fingerprint density at radius 2 is 2.55 bits per heavy atom. The zero-order valence-electron chi connectivity index (χ0n) is 6.75. The molecule has 0 bridgehead atoms. The zero-order chi connectivity index (χ0) is 8.27. The Kier molecular flexibility index (Phi) is 2.88. The Bertz CT molecular complexity index is 138. The van der Waals surface area contributed by atoms with Crippen molar-refractivity contribution in [2.75, 3.05) is 6.61 Å². The maximum atomic E-state index is 10.4. The highest BCUT2D eigenvalue weighted by Crippen LogP contribution is 2.19. The van der Waals surface area contributed by atoms with Gasteiger partial charge in [0.1, 0.15) is 0 Å². The molecule has 64 valence electrons. The molecule has 0 unspecified atom stereocenters. The van der Waals surface area contributed by atoms with Crippen LogP contribution < -0.4 is 0 Å². The van der Waals surface area contributed by atoms with E-state index in [2.05, 4.69) is 0 Å². The molecule has 1 aliphatic rings. The predicted molar refractivity (Wildman–Crippen MR) is 40.4 cm³/mol. The van der Waals surface area contributed by atoms with Crippen molar-refractivity contribution in [1.82, 2.24) is 0 Å². The molecule has 1 heterocycles. The van der Waals surface area contributed by atoms with E-state index < -0.39 is 5.97 Å². The third kappa shape index (κ3) is 2.50. The molecule has 1 fully saturated rings. The molecular formula is C8H14O3. The van der Waals surface area contributed by atoms with Crippen molar-refractivity contribution >= 4 is 5.97 Å². The van der Waals surface area contributed by atoms with Crippen LogP contribution in [0.5, 0.6) is 0 Å². The number of carboxylic acid groups (broad SMARTS) is 1. The van der Waals surface area contributed by atoms with E-state index in [1.165, 1.54) is 0 Å². The Balaban J connectivity index is 2.23. The third-order valence-corrected chi connectivity index (χ3v) is 2.06. The van der Waals surface area contributed by atoms with Gasteiger partial charge in [-0.05, 0) is 19.3 Å². The standard InChI is InChI=1S/C8H14O3/c1-6(8(9)10)5-7-3-2-4-11-7/h6-7H,2-5H2,1H3,(H,9,10)/t6-,7-/m0/s1. The fourth-order valence-electron chi connectivity index (χ4n) is 1.33. The lowest BCUT2D eigenvalue weighted by Crippen LogP contribution is -2.17. The van der Waals surface area contributed by atoms with Gasteiger partial charge in [0.2, 0.25) is 0 Å². The van der Waals surface area contributed by atoms with Crippen LogP contribution in [0.1, 0.15) is 26.2 Å². The molecule has 1 rings (SSSR count). The maximum absolute atomic E-state index is 10.4. The van der Waals surface area contributed by atoms with Gasteiger partial charge in [0.05, 0.1) is 12.0 Å². The average Bonchev–Trinajstić information content (AvgIpc) is 2.39. The van der Waals surface area contributed by atoms with Crippen LogP contribution in [0, 0.1) is 5.92 Å². The van der Waals surface area contributed by atoms with Gasteiger partial charge in [0, 0.05) is 6.61 Å². The molecule has 0 radical (unpaired) electrons. The Morgan fingerprint density at radius 3 is 3.00 bits per heavy atom. The van der Waals surface area contributed by atoms with Crippen molar-refractivity contribution in [3.8, 4) is 0 Å². The Hall–Kier alpha value is -0.570. The van der Waals surface area contributed by atoms with Crippen LogP contribution in [-0.2, 0) is 9.53 Å². The Morgan fingerprint density at radius 1 is 1.82 bits per heavy atom. The minimum Gasteiger partial charge on any atom is -0.481 e. The zero-order valence-corrected chi connectivity index (χ0v) is 6.75. The number of aliphatic carboxylic acids is 1. The van der Waals surface area contributed by atoms with Crippen LogP contribution in [0.15, 0.2) is 0 Å². The molecule has 2 atom stereocenters. The lowest BCUT2D eigenvalue weighted by molar-refractivity contribution is -0.142. The number of hydrogen-bond donors (Lipinski definition) is 1. The summed E-state index contributed by atoms with van der Waals surface area (Å²) >= 11 is 0. The second-order valence-corrected chi connectivity index (χ2v) is 3.11. The van der Waals surface area contributed by atoms with Crippen molar-refractivity contribution in [3.63, 3.8) is 0 Å². The lowest BCUT2D eigenvalue weighted by atomic mass is 10.0. The lowest BCUT2D eigenvalue weighted by Gasteiger charge is -2.11. The van der Waals surface area contributed by atoms with E-state index in [9.17, 15) is 4.79 Å². The average molecular weight is 158 g/mol. The molecular weight excluding hydrogens is 144 g/mol. The molecule has 3 heteroatoms. The highest BCUT2D eigenvalue weighted by Gasteiger charge is 2.21. The van der Waals surface area contributed by atoms with E-state index in [4.69, 9.17) is 9.84 Å². The van der Waals surface area contributed by atoms with Crippen LogP contribution in [0.4, 0.5) is 0 Å². The SMILES string of the molecule is C[C@@H](C[C@@H]1CCCO1)C(=O)O. The molecule has 1 aliphatic heterocycles. The molecule has 3 nitrogen and oxygen atoms in total. The summed E-state index contributed by atoms with van der Waals surface area (Å²) < 4.78 is 5.31. The van der Waals surface area contributed by atoms with Crippen LogP contribution in [0.25, 0.3) is 0 Å². The fourth-order valence-corrected chi connectivity index (χ4v) is 1.33. The molecule has 0 spiro atoms. The summed E-state index contributed by atoms with van der Waals surface area (Å²) in [4.78, 5) is 10.4. The van der Waals surface area contributed by atoms with Gasteiger partial charge in [-0.1, -0.05) is 6.92 Å². The number of carboxylic acids is 1. The first-order valence-corrected chi connectivity index (χ1v) is 4.04. The van der Waals surface area contributed by atoms with Gasteiger partial charge in [-0.3, -0.25) is 4.79 Å². The monoisotopic (exact) mass is 158 g/mol. The highest BCUT2D eigenvalue weighted by atomic mass is 16.5. The first-order valence-electron chi connectivity index (χ1n) is 4.04. The van der Waals surface area contributed by atoms with Crippen LogP contribution >= 0.6 is 0 Å². The molecule has 1 saturated heterocycles. The molecule has 0 aromatic heterocycles. The molecule has 11 heavy (non-hydrogen) atoms. The van der Waals surface area contributed by atoms with Gasteiger partial charge < -0.3 is 9.84 Å². The first-order chi connectivity index (χ1) is 5.20. The van der Waals surface area contributed by atoms with Gasteiger partial charge >= 0.3 is 5.97 Å². The van der Waals surface area contributed by atoms with Gasteiger partial charge in [0.25, 0.3) is 0 Å². The highest BCUT2D eigenvalue weighted by molar-refractivity contribution is 5.69. The molecule has 0 aromatic carbocycles. The van der Waals surface area contributed by atoms with E-state index >= 15 is 0 Å². The number of hydrogen-bond acceptors (Lipinski definition) is 2. The summed E-state index contributed by atoms with van der Waals surface area (Å²) in [5.74, 6) is -0.987. The minimum absolute atomic E-state index is 0.195. The van der Waals surface area contributed by atoms with Gasteiger partial charge in [-0.15, -0.1) is 0 Å². The molecule has 1 N–H and O–H groups in total. The number of ether oxygens (including phenoxy) is 1. The topological polar surface area (TPSA) is 46.5 Å². The summed E-state index contributed by atoms with van der Waals surface area (Å²) in [7, 11) is 0. The van der Waals surface area contributed by atoms with E-state index in [0.29, 0.717) is 6.42 Å². The molecule has 0 aromatic rings. The van der Waals surface area contributed by atoms with Gasteiger partial charge in [0.15, 0.2) is 0 Å². The third-order valence-electron chi connectivity index (χ3n) is 2.06. The summed E-state index contributed by atoms with van der Waals surface area (Å²) in [5, 5.41) is 8.59. The van der Waals surface area contributed by atoms with Crippen molar-refractivity contribution in [2.45, 2.75) is 32.3 Å². The fraction of sp³-hybridized carbons (Fsp3) is 0.875. The normalized spacial score (nSPS) is 26.8. The maximum Gasteiger partial charge on any atom is 0.306 e. The molecule has 0 amide bonds. The van der Waals surface area contributed by atoms with Crippen molar-refractivity contribution < 1.29 is 14.6 Å². The molecule has 0 aliphatic carbocycles. The van der Waals surface area contributed by atoms with Crippen molar-refractivity contribution in [2.24, 2.45) is 5.92 Å². The quantitative estimate of drug-likeness (QED) is 0.673. The van der Waals surface area contributed by atoms with Crippen LogP contribution in [-0.4, -0.2) is 23.8 Å². The first kappa shape index (κ1) is 8.53. The number of rotatable bonds is 3.